The van der Waals surface area contributed by atoms with Gasteiger partial charge in [0.25, 0.3) is 0 Å². The molecule has 1 unspecified atom stereocenters. The van der Waals surface area contributed by atoms with Crippen molar-refractivity contribution in [1.82, 2.24) is 4.90 Å². The van der Waals surface area contributed by atoms with Crippen molar-refractivity contribution in [2.75, 3.05) is 19.0 Å². The number of alkyl halides is 1. The number of aliphatic hydroxyl groups excluding tert-OH is 1. The summed E-state index contributed by atoms with van der Waals surface area (Å²) in [6, 6.07) is 0.0423. The molecule has 3 nitrogen and oxygen atoms in total. The third-order valence-corrected chi connectivity index (χ3v) is 2.41. The minimum absolute atomic E-state index is 0.0423. The van der Waals surface area contributed by atoms with Crippen molar-refractivity contribution in [3.05, 3.63) is 0 Å². The first kappa shape index (κ1) is 9.81. The average Bonchev–Trinajstić information content (AvgIpc) is 2.51. The number of carbonyl (C=O) groups excluding carboxylic acids is 1. The summed E-state index contributed by atoms with van der Waals surface area (Å²) >= 11 is 5.46. The molecular weight excluding hydrogens is 178 g/mol. The Kier molecular flexibility index (Phi) is 3.82. The maximum absolute atomic E-state index is 11.3. The SMILES string of the molecule is O=C(CCCl)N1CCCC1CO. The standard InChI is InChI=1S/C8H14ClNO2/c9-4-3-8(12)10-5-1-2-7(10)6-11/h7,11H,1-6H2. The van der Waals surface area contributed by atoms with Gasteiger partial charge in [0.2, 0.25) is 5.91 Å². The molecule has 0 aromatic carbocycles. The van der Waals surface area contributed by atoms with Crippen molar-refractivity contribution in [1.29, 1.82) is 0 Å². The van der Waals surface area contributed by atoms with Crippen LogP contribution in [0.4, 0.5) is 0 Å². The van der Waals surface area contributed by atoms with E-state index in [1.54, 1.807) is 4.90 Å². The van der Waals surface area contributed by atoms with Crippen LogP contribution in [-0.4, -0.2) is 41.0 Å². The number of aliphatic hydroxyl groups is 1. The quantitative estimate of drug-likeness (QED) is 0.664. The molecule has 0 bridgehead atoms. The van der Waals surface area contributed by atoms with Gasteiger partial charge in [0.1, 0.15) is 0 Å². The molecule has 1 saturated heterocycles. The van der Waals surface area contributed by atoms with Gasteiger partial charge in [-0.3, -0.25) is 4.79 Å². The van der Waals surface area contributed by atoms with Crippen molar-refractivity contribution in [2.45, 2.75) is 25.3 Å². The molecule has 1 atom stereocenters. The average molecular weight is 192 g/mol. The van der Waals surface area contributed by atoms with E-state index in [1.165, 1.54) is 0 Å². The summed E-state index contributed by atoms with van der Waals surface area (Å²) in [5, 5.41) is 8.93. The number of hydrogen-bond donors (Lipinski definition) is 1. The summed E-state index contributed by atoms with van der Waals surface area (Å²) in [6.07, 6.45) is 2.31. The molecule has 4 heteroatoms. The summed E-state index contributed by atoms with van der Waals surface area (Å²) in [4.78, 5) is 13.1. The zero-order valence-corrected chi connectivity index (χ0v) is 7.76. The lowest BCUT2D eigenvalue weighted by Gasteiger charge is -2.22. The molecule has 1 N–H and O–H groups in total. The number of amides is 1. The highest BCUT2D eigenvalue weighted by atomic mass is 35.5. The number of nitrogens with zero attached hydrogens (tertiary/aromatic N) is 1. The molecule has 0 aliphatic carbocycles. The first-order valence-electron chi connectivity index (χ1n) is 4.26. The highest BCUT2D eigenvalue weighted by Crippen LogP contribution is 2.17. The highest BCUT2D eigenvalue weighted by molar-refractivity contribution is 6.18. The third kappa shape index (κ3) is 2.11. The second kappa shape index (κ2) is 4.67. The molecule has 1 rings (SSSR count). The van der Waals surface area contributed by atoms with Gasteiger partial charge in [-0.05, 0) is 12.8 Å². The predicted octanol–water partition coefficient (Wildman–Crippen LogP) is 0.599. The predicted molar refractivity (Wildman–Crippen MR) is 47.2 cm³/mol. The van der Waals surface area contributed by atoms with Gasteiger partial charge >= 0.3 is 0 Å². The van der Waals surface area contributed by atoms with Crippen molar-refractivity contribution >= 4 is 17.5 Å². The molecule has 1 aliphatic rings. The minimum atomic E-state index is 0.0423. The van der Waals surface area contributed by atoms with E-state index in [-0.39, 0.29) is 18.6 Å². The van der Waals surface area contributed by atoms with Crippen LogP contribution in [0.1, 0.15) is 19.3 Å². The summed E-state index contributed by atoms with van der Waals surface area (Å²) in [5.41, 5.74) is 0. The zero-order valence-electron chi connectivity index (χ0n) is 7.00. The molecule has 1 aliphatic heterocycles. The van der Waals surface area contributed by atoms with Gasteiger partial charge in [-0.25, -0.2) is 0 Å². The van der Waals surface area contributed by atoms with E-state index in [0.717, 1.165) is 19.4 Å². The van der Waals surface area contributed by atoms with Crippen LogP contribution in [0.3, 0.4) is 0 Å². The van der Waals surface area contributed by atoms with Crippen LogP contribution >= 0.6 is 11.6 Å². The number of likely N-dealkylation sites (tertiary alicyclic amines) is 1. The van der Waals surface area contributed by atoms with Crippen LogP contribution in [0.15, 0.2) is 0 Å². The fourth-order valence-electron chi connectivity index (χ4n) is 1.58. The fourth-order valence-corrected chi connectivity index (χ4v) is 1.74. The van der Waals surface area contributed by atoms with Crippen molar-refractivity contribution < 1.29 is 9.90 Å². The second-order valence-corrected chi connectivity index (χ2v) is 3.38. The Hall–Kier alpha value is -0.280. The van der Waals surface area contributed by atoms with E-state index in [1.807, 2.05) is 0 Å². The van der Waals surface area contributed by atoms with Crippen LogP contribution in [0.25, 0.3) is 0 Å². The molecule has 0 spiro atoms. The van der Waals surface area contributed by atoms with Gasteiger partial charge < -0.3 is 10.0 Å². The topological polar surface area (TPSA) is 40.5 Å². The van der Waals surface area contributed by atoms with Gasteiger partial charge in [0.15, 0.2) is 0 Å². The lowest BCUT2D eigenvalue weighted by molar-refractivity contribution is -0.132. The molecule has 0 aromatic rings. The van der Waals surface area contributed by atoms with E-state index < -0.39 is 0 Å². The fraction of sp³-hybridized carbons (Fsp3) is 0.875. The Bertz CT molecular complexity index is 163. The molecule has 1 fully saturated rings. The Morgan fingerprint density at radius 2 is 2.42 bits per heavy atom. The van der Waals surface area contributed by atoms with Crippen LogP contribution < -0.4 is 0 Å². The Labute approximate surface area is 77.3 Å². The number of halogens is 1. The smallest absolute Gasteiger partial charge is 0.224 e. The molecule has 1 amide bonds. The monoisotopic (exact) mass is 191 g/mol. The van der Waals surface area contributed by atoms with Gasteiger partial charge in [0, 0.05) is 18.8 Å². The molecule has 1 heterocycles. The molecule has 12 heavy (non-hydrogen) atoms. The number of carbonyl (C=O) groups is 1. The van der Waals surface area contributed by atoms with Crippen LogP contribution in [0, 0.1) is 0 Å². The lowest BCUT2D eigenvalue weighted by atomic mass is 10.2. The Balaban J connectivity index is 2.43. The van der Waals surface area contributed by atoms with E-state index in [9.17, 15) is 4.79 Å². The lowest BCUT2D eigenvalue weighted by Crippen LogP contribution is -2.37. The van der Waals surface area contributed by atoms with Crippen molar-refractivity contribution in [3.63, 3.8) is 0 Å². The van der Waals surface area contributed by atoms with Crippen LogP contribution in [-0.2, 0) is 4.79 Å². The van der Waals surface area contributed by atoms with E-state index in [2.05, 4.69) is 0 Å². The minimum Gasteiger partial charge on any atom is -0.394 e. The molecule has 70 valence electrons. The maximum atomic E-state index is 11.3. The highest BCUT2D eigenvalue weighted by Gasteiger charge is 2.26. The number of rotatable bonds is 3. The van der Waals surface area contributed by atoms with Gasteiger partial charge in [-0.1, -0.05) is 0 Å². The molecule has 0 saturated carbocycles. The molecular formula is C8H14ClNO2. The second-order valence-electron chi connectivity index (χ2n) is 3.00. The summed E-state index contributed by atoms with van der Waals surface area (Å²) in [5.74, 6) is 0.439. The van der Waals surface area contributed by atoms with Crippen LogP contribution in [0.5, 0.6) is 0 Å². The maximum Gasteiger partial charge on any atom is 0.224 e. The van der Waals surface area contributed by atoms with Crippen molar-refractivity contribution in [3.8, 4) is 0 Å². The van der Waals surface area contributed by atoms with Gasteiger partial charge in [-0.2, -0.15) is 0 Å². The first-order chi connectivity index (χ1) is 5.79. The largest absolute Gasteiger partial charge is 0.394 e. The Morgan fingerprint density at radius 1 is 1.67 bits per heavy atom. The van der Waals surface area contributed by atoms with E-state index in [0.29, 0.717) is 12.3 Å². The summed E-state index contributed by atoms with van der Waals surface area (Å²) < 4.78 is 0. The van der Waals surface area contributed by atoms with E-state index in [4.69, 9.17) is 16.7 Å². The zero-order chi connectivity index (χ0) is 8.97. The van der Waals surface area contributed by atoms with Gasteiger partial charge in [0.05, 0.1) is 12.6 Å². The number of hydrogen-bond acceptors (Lipinski definition) is 2. The molecule has 0 aromatic heterocycles. The first-order valence-corrected chi connectivity index (χ1v) is 4.79. The van der Waals surface area contributed by atoms with Gasteiger partial charge in [-0.15, -0.1) is 11.6 Å². The molecule has 0 radical (unpaired) electrons. The Morgan fingerprint density at radius 3 is 3.00 bits per heavy atom. The summed E-state index contributed by atoms with van der Waals surface area (Å²) in [6.45, 7) is 0.856. The third-order valence-electron chi connectivity index (χ3n) is 2.22. The van der Waals surface area contributed by atoms with Crippen LogP contribution in [0.2, 0.25) is 0 Å². The normalized spacial score (nSPS) is 23.2. The summed E-state index contributed by atoms with van der Waals surface area (Å²) in [7, 11) is 0. The van der Waals surface area contributed by atoms with Crippen molar-refractivity contribution in [2.24, 2.45) is 0 Å². The van der Waals surface area contributed by atoms with E-state index >= 15 is 0 Å².